The maximum atomic E-state index is 6.01. The summed E-state index contributed by atoms with van der Waals surface area (Å²) in [5.41, 5.74) is 5.50. The lowest BCUT2D eigenvalue weighted by Gasteiger charge is -2.19. The van der Waals surface area contributed by atoms with E-state index in [9.17, 15) is 0 Å². The fraction of sp³-hybridized carbons (Fsp3) is 0.529. The summed E-state index contributed by atoms with van der Waals surface area (Å²) < 4.78 is 29.4. The molecule has 2 aromatic rings. The molecule has 0 atom stereocenters. The molecule has 6 nitrogen and oxygen atoms in total. The molecule has 0 spiro atoms. The summed E-state index contributed by atoms with van der Waals surface area (Å²) in [4.78, 5) is 2.06. The number of ether oxygens (including phenoxy) is 5. The Balaban J connectivity index is 2.26. The van der Waals surface area contributed by atoms with Gasteiger partial charge in [0.1, 0.15) is 17.2 Å². The fourth-order valence-corrected chi connectivity index (χ4v) is 5.48. The van der Waals surface area contributed by atoms with Gasteiger partial charge < -0.3 is 28.6 Å². The van der Waals surface area contributed by atoms with Crippen LogP contribution in [-0.2, 0) is 15.9 Å². The largest absolute Gasteiger partial charge is 0.496 e. The van der Waals surface area contributed by atoms with Crippen LogP contribution in [0.2, 0.25) is 51.4 Å². The van der Waals surface area contributed by atoms with Crippen molar-refractivity contribution in [3.8, 4) is 17.2 Å². The van der Waals surface area contributed by atoms with Crippen molar-refractivity contribution in [3.05, 3.63) is 58.7 Å². The maximum Gasteiger partial charge on any atom is 0.189 e. The van der Waals surface area contributed by atoms with Gasteiger partial charge in [-0.2, -0.15) is 0 Å². The van der Waals surface area contributed by atoms with Crippen molar-refractivity contribution in [2.75, 3.05) is 52.9 Å². The molecule has 8 heteroatoms. The highest BCUT2D eigenvalue weighted by atomic mass is 28.3. The SMILES string of the molecule is COc1cc(OCOCC[Si](C)(C)C)cc(C=Cc2ccc(OCOCC[Si](C)(C)C)c(N(C)C)c2)c1CC=C(C)C. The van der Waals surface area contributed by atoms with Crippen molar-refractivity contribution >= 4 is 34.0 Å². The van der Waals surface area contributed by atoms with Gasteiger partial charge in [-0.1, -0.05) is 69.1 Å². The third kappa shape index (κ3) is 13.6. The molecule has 0 fully saturated rings. The van der Waals surface area contributed by atoms with Gasteiger partial charge in [0.2, 0.25) is 0 Å². The summed E-state index contributed by atoms with van der Waals surface area (Å²) in [7, 11) is 3.49. The number of hydrogen-bond acceptors (Lipinski definition) is 6. The number of anilines is 1. The highest BCUT2D eigenvalue weighted by Gasteiger charge is 2.14. The molecule has 0 saturated carbocycles. The zero-order valence-corrected chi connectivity index (χ0v) is 30.1. The molecule has 0 bridgehead atoms. The summed E-state index contributed by atoms with van der Waals surface area (Å²) >= 11 is 0. The molecule has 0 aromatic heterocycles. The van der Waals surface area contributed by atoms with E-state index in [0.717, 1.165) is 71.3 Å². The first-order chi connectivity index (χ1) is 19.7. The van der Waals surface area contributed by atoms with Crippen LogP contribution in [0.3, 0.4) is 0 Å². The number of nitrogens with zero attached hydrogens (tertiary/aromatic N) is 1. The lowest BCUT2D eigenvalue weighted by molar-refractivity contribution is 0.0218. The van der Waals surface area contributed by atoms with E-state index >= 15 is 0 Å². The normalized spacial score (nSPS) is 12.0. The second-order valence-corrected chi connectivity index (χ2v) is 24.8. The number of benzene rings is 2. The molecule has 0 saturated heterocycles. The van der Waals surface area contributed by atoms with E-state index in [1.165, 1.54) is 5.57 Å². The molecule has 0 radical (unpaired) electrons. The highest BCUT2D eigenvalue weighted by Crippen LogP contribution is 2.33. The van der Waals surface area contributed by atoms with Crippen LogP contribution in [0.5, 0.6) is 17.2 Å². The van der Waals surface area contributed by atoms with Gasteiger partial charge in [0.25, 0.3) is 0 Å². The molecule has 42 heavy (non-hydrogen) atoms. The van der Waals surface area contributed by atoms with E-state index in [1.807, 2.05) is 26.2 Å². The second kappa shape index (κ2) is 16.9. The first kappa shape index (κ1) is 35.7. The van der Waals surface area contributed by atoms with Crippen molar-refractivity contribution in [3.63, 3.8) is 0 Å². The van der Waals surface area contributed by atoms with Crippen molar-refractivity contribution in [2.24, 2.45) is 0 Å². The van der Waals surface area contributed by atoms with E-state index in [-0.39, 0.29) is 13.6 Å². The Kier molecular flexibility index (Phi) is 14.4. The molecule has 2 rings (SSSR count). The smallest absolute Gasteiger partial charge is 0.189 e. The van der Waals surface area contributed by atoms with Gasteiger partial charge in [0.05, 0.1) is 12.8 Å². The molecule has 0 amide bonds. The minimum atomic E-state index is -1.14. The minimum Gasteiger partial charge on any atom is -0.496 e. The molecule has 234 valence electrons. The van der Waals surface area contributed by atoms with Crippen LogP contribution < -0.4 is 19.1 Å². The molecule has 0 N–H and O–H groups in total. The van der Waals surface area contributed by atoms with Crippen LogP contribution in [-0.4, -0.2) is 64.2 Å². The number of methoxy groups -OCH3 is 1. The Morgan fingerprint density at radius 3 is 1.95 bits per heavy atom. The Hall–Kier alpha value is -2.53. The molecule has 0 aliphatic heterocycles. The molecule has 2 aromatic carbocycles. The first-order valence-corrected chi connectivity index (χ1v) is 22.3. The van der Waals surface area contributed by atoms with Crippen molar-refractivity contribution in [2.45, 2.75) is 71.6 Å². The molecular weight excluding hydrogens is 559 g/mol. The van der Waals surface area contributed by atoms with Gasteiger partial charge in [0.15, 0.2) is 13.6 Å². The van der Waals surface area contributed by atoms with Crippen molar-refractivity contribution in [1.82, 2.24) is 0 Å². The number of rotatable bonds is 18. The lowest BCUT2D eigenvalue weighted by Crippen LogP contribution is -2.22. The first-order valence-electron chi connectivity index (χ1n) is 14.9. The fourth-order valence-electron chi connectivity index (χ4n) is 3.96. The number of allylic oxidation sites excluding steroid dienone is 2. The van der Waals surface area contributed by atoms with Crippen LogP contribution in [0.15, 0.2) is 42.0 Å². The van der Waals surface area contributed by atoms with Gasteiger partial charge in [-0.3, -0.25) is 0 Å². The summed E-state index contributed by atoms with van der Waals surface area (Å²) in [5.74, 6) is 2.34. The predicted molar refractivity (Wildman–Crippen MR) is 185 cm³/mol. The van der Waals surface area contributed by atoms with Crippen molar-refractivity contribution in [1.29, 1.82) is 0 Å². The monoisotopic (exact) mass is 613 g/mol. The lowest BCUT2D eigenvalue weighted by atomic mass is 10.00. The minimum absolute atomic E-state index is 0.222. The zero-order chi connectivity index (χ0) is 31.3. The Bertz CT molecular complexity index is 1180. The predicted octanol–water partition coefficient (Wildman–Crippen LogP) is 8.82. The van der Waals surface area contributed by atoms with E-state index in [0.29, 0.717) is 0 Å². The van der Waals surface area contributed by atoms with E-state index in [2.05, 4.69) is 94.5 Å². The summed E-state index contributed by atoms with van der Waals surface area (Å²) in [6.45, 7) is 20.2. The highest BCUT2D eigenvalue weighted by molar-refractivity contribution is 6.76. The molecular formula is C34H55NO5Si2. The van der Waals surface area contributed by atoms with E-state index in [4.69, 9.17) is 23.7 Å². The standard InChI is InChI=1S/C34H55NO5Si2/c1-27(2)12-16-31-29(23-30(24-34(31)36-5)39-25-37-18-20-41(6,7)8)15-13-28-14-17-33(32(22-28)35(3)4)40-26-38-19-21-42(9,10)11/h12-15,17,22-24H,16,18-21,25-26H2,1-11H3. The van der Waals surface area contributed by atoms with E-state index < -0.39 is 16.1 Å². The van der Waals surface area contributed by atoms with Gasteiger partial charge in [-0.25, -0.2) is 0 Å². The van der Waals surface area contributed by atoms with E-state index in [1.54, 1.807) is 7.11 Å². The summed E-state index contributed by atoms with van der Waals surface area (Å²) in [6, 6.07) is 12.5. The zero-order valence-electron chi connectivity index (χ0n) is 28.1. The van der Waals surface area contributed by atoms with Gasteiger partial charge in [-0.15, -0.1) is 0 Å². The van der Waals surface area contributed by atoms with Gasteiger partial charge in [-0.05, 0) is 61.7 Å². The van der Waals surface area contributed by atoms with Crippen LogP contribution in [0, 0.1) is 0 Å². The van der Waals surface area contributed by atoms with Crippen LogP contribution in [0.1, 0.15) is 30.5 Å². The quantitative estimate of drug-likeness (QED) is 0.0550. The van der Waals surface area contributed by atoms with Crippen LogP contribution >= 0.6 is 0 Å². The summed E-state index contributed by atoms with van der Waals surface area (Å²) in [6.07, 6.45) is 7.24. The van der Waals surface area contributed by atoms with Gasteiger partial charge >= 0.3 is 0 Å². The average Bonchev–Trinajstić information content (AvgIpc) is 2.89. The maximum absolute atomic E-state index is 6.01. The number of hydrogen-bond donors (Lipinski definition) is 0. The van der Waals surface area contributed by atoms with Crippen LogP contribution in [0.25, 0.3) is 12.2 Å². The van der Waals surface area contributed by atoms with Gasteiger partial charge in [0, 0.05) is 55.1 Å². The Labute approximate surface area is 257 Å². The average molecular weight is 614 g/mol. The topological polar surface area (TPSA) is 49.4 Å². The molecule has 0 aliphatic rings. The second-order valence-electron chi connectivity index (χ2n) is 13.6. The molecule has 0 heterocycles. The third-order valence-corrected chi connectivity index (χ3v) is 10.1. The van der Waals surface area contributed by atoms with Crippen molar-refractivity contribution < 1.29 is 23.7 Å². The molecule has 0 unspecified atom stereocenters. The summed E-state index contributed by atoms with van der Waals surface area (Å²) in [5, 5.41) is 0. The Morgan fingerprint density at radius 2 is 1.40 bits per heavy atom. The van der Waals surface area contributed by atoms with Crippen LogP contribution in [0.4, 0.5) is 5.69 Å². The third-order valence-electron chi connectivity index (χ3n) is 6.67. The Morgan fingerprint density at radius 1 is 0.786 bits per heavy atom. The molecule has 0 aliphatic carbocycles.